The topological polar surface area (TPSA) is 382 Å². The molecule has 0 bridgehead atoms. The number of carbonyl (C=O) groups is 11. The summed E-state index contributed by atoms with van der Waals surface area (Å²) in [6, 6.07) is -2.31. The standard InChI is InChI=1S/C42H65N11O12/c1-5-23(4)36-42(65)51-27(15-16-31(43)55)39(62)52-30(19-32(44)56)40(63)50-26(37(60)47-21-35(59)49-28(17-22(2)3)38(61)46-20-33(45)57)9-7-6-8-10-34(58)48-29(41(64)53-36)18-24-11-13-25(54)14-12-24/h11-14,22-23,26-30,36,54H,5-10,15-21H2,1-4H3,(H2,43,55)(H2,44,56)(H2,45,57)(H,46,61)(H,47,60)(H,48,58)(H,49,59)(H,50,63)(H,51,65)(H,52,62)(H,53,64)/t23-,26?,27-,28-,29-,30-,36-/m0/s1. The molecular weight excluding hydrogens is 851 g/mol. The second-order valence-corrected chi connectivity index (χ2v) is 16.5. The van der Waals surface area contributed by atoms with Gasteiger partial charge in [-0.3, -0.25) is 52.7 Å². The molecule has 11 amide bonds. The van der Waals surface area contributed by atoms with Crippen LogP contribution < -0.4 is 59.7 Å². The van der Waals surface area contributed by atoms with E-state index in [2.05, 4.69) is 42.5 Å². The summed E-state index contributed by atoms with van der Waals surface area (Å²) in [5, 5.41) is 29.8. The monoisotopic (exact) mass is 915 g/mol. The number of primary amides is 3. The molecule has 0 aromatic heterocycles. The third-order valence-corrected chi connectivity index (χ3v) is 10.4. The number of benzene rings is 1. The van der Waals surface area contributed by atoms with Crippen molar-refractivity contribution in [3.63, 3.8) is 0 Å². The van der Waals surface area contributed by atoms with Gasteiger partial charge in [-0.15, -0.1) is 0 Å². The first-order valence-corrected chi connectivity index (χ1v) is 21.6. The number of hydrogen-bond donors (Lipinski definition) is 12. The van der Waals surface area contributed by atoms with Gasteiger partial charge in [0.25, 0.3) is 0 Å². The van der Waals surface area contributed by atoms with Crippen molar-refractivity contribution in [1.29, 1.82) is 0 Å². The number of hydrogen-bond acceptors (Lipinski definition) is 12. The molecule has 1 unspecified atom stereocenters. The molecule has 23 heteroatoms. The highest BCUT2D eigenvalue weighted by Crippen LogP contribution is 2.15. The predicted octanol–water partition coefficient (Wildman–Crippen LogP) is -3.24. The van der Waals surface area contributed by atoms with Crippen LogP contribution in [0.5, 0.6) is 5.75 Å². The first kappa shape index (κ1) is 54.3. The molecule has 7 atom stereocenters. The number of nitrogens with two attached hydrogens (primary N) is 3. The van der Waals surface area contributed by atoms with Crippen molar-refractivity contribution < 1.29 is 57.8 Å². The third kappa shape index (κ3) is 20.5. The van der Waals surface area contributed by atoms with E-state index in [9.17, 15) is 57.8 Å². The van der Waals surface area contributed by atoms with Crippen molar-refractivity contribution in [3.8, 4) is 5.75 Å². The van der Waals surface area contributed by atoms with Crippen LogP contribution in [0.2, 0.25) is 0 Å². The Bertz CT molecular complexity index is 1880. The third-order valence-electron chi connectivity index (χ3n) is 10.4. The van der Waals surface area contributed by atoms with Gasteiger partial charge in [-0.2, -0.15) is 0 Å². The van der Waals surface area contributed by atoms with Crippen molar-refractivity contribution in [1.82, 2.24) is 42.5 Å². The van der Waals surface area contributed by atoms with Crippen LogP contribution in [0.3, 0.4) is 0 Å². The van der Waals surface area contributed by atoms with Gasteiger partial charge in [0, 0.05) is 19.3 Å². The highest BCUT2D eigenvalue weighted by molar-refractivity contribution is 5.98. The van der Waals surface area contributed by atoms with E-state index in [1.807, 2.05) is 0 Å². The fraction of sp³-hybridized carbons (Fsp3) is 0.595. The minimum atomic E-state index is -1.72. The number of phenolic OH excluding ortho intramolecular Hbond substituents is 1. The number of rotatable bonds is 18. The van der Waals surface area contributed by atoms with Crippen molar-refractivity contribution >= 4 is 65.0 Å². The Labute approximate surface area is 377 Å². The number of carbonyl (C=O) groups excluding carboxylic acids is 11. The maximum absolute atomic E-state index is 13.9. The number of phenols is 1. The molecule has 0 spiro atoms. The highest BCUT2D eigenvalue weighted by atomic mass is 16.3. The molecule has 1 aliphatic rings. The van der Waals surface area contributed by atoms with Crippen LogP contribution >= 0.6 is 0 Å². The molecule has 23 nitrogen and oxygen atoms in total. The van der Waals surface area contributed by atoms with Crippen LogP contribution in [0.15, 0.2) is 24.3 Å². The molecule has 15 N–H and O–H groups in total. The fourth-order valence-electron chi connectivity index (χ4n) is 6.69. The molecule has 1 heterocycles. The minimum Gasteiger partial charge on any atom is -0.508 e. The molecule has 2 rings (SSSR count). The summed E-state index contributed by atoms with van der Waals surface area (Å²) in [5.41, 5.74) is 16.5. The summed E-state index contributed by atoms with van der Waals surface area (Å²) in [6.45, 7) is 5.87. The van der Waals surface area contributed by atoms with Gasteiger partial charge < -0.3 is 64.8 Å². The van der Waals surface area contributed by atoms with Gasteiger partial charge in [0.05, 0.1) is 19.5 Å². The normalized spacial score (nSPS) is 21.4. The van der Waals surface area contributed by atoms with Crippen molar-refractivity contribution in [2.45, 2.75) is 135 Å². The van der Waals surface area contributed by atoms with E-state index in [0.29, 0.717) is 18.4 Å². The van der Waals surface area contributed by atoms with Crippen molar-refractivity contribution in [2.24, 2.45) is 29.0 Å². The lowest BCUT2D eigenvalue weighted by Gasteiger charge is -2.29. The zero-order valence-corrected chi connectivity index (χ0v) is 37.3. The zero-order valence-electron chi connectivity index (χ0n) is 37.3. The number of amides is 11. The van der Waals surface area contributed by atoms with E-state index in [1.165, 1.54) is 12.1 Å². The first-order valence-electron chi connectivity index (χ1n) is 21.6. The quantitative estimate of drug-likeness (QED) is 0.0692. The Balaban J connectivity index is 2.50. The van der Waals surface area contributed by atoms with Gasteiger partial charge in [-0.25, -0.2) is 0 Å². The molecule has 0 radical (unpaired) electrons. The van der Waals surface area contributed by atoms with E-state index in [0.717, 1.165) is 0 Å². The molecule has 0 saturated carbocycles. The first-order chi connectivity index (χ1) is 30.6. The number of nitrogens with one attached hydrogen (secondary N) is 8. The lowest BCUT2D eigenvalue weighted by molar-refractivity contribution is -0.136. The van der Waals surface area contributed by atoms with Crippen molar-refractivity contribution in [3.05, 3.63) is 29.8 Å². The van der Waals surface area contributed by atoms with Crippen LogP contribution in [0, 0.1) is 11.8 Å². The lowest BCUT2D eigenvalue weighted by Crippen LogP contribution is -2.60. The number of aromatic hydroxyl groups is 1. The van der Waals surface area contributed by atoms with Gasteiger partial charge in [-0.1, -0.05) is 59.1 Å². The summed E-state index contributed by atoms with van der Waals surface area (Å²) in [5.74, 6) is -9.88. The molecule has 1 aromatic carbocycles. The van der Waals surface area contributed by atoms with Gasteiger partial charge in [0.15, 0.2) is 0 Å². The van der Waals surface area contributed by atoms with Crippen LogP contribution in [-0.4, -0.2) is 119 Å². The molecule has 1 aromatic rings. The SMILES string of the molecule is CC[C@H](C)[C@@H]1NC(=O)[C@H](Cc2ccc(O)cc2)NC(=O)CCCCCC(C(=O)NCC(=O)N[C@@H](CC(C)C)C(=O)NCC(N)=O)NC(=O)[C@H](CC(N)=O)NC(=O)[C@H](CCC(N)=O)NC1=O. The summed E-state index contributed by atoms with van der Waals surface area (Å²) in [7, 11) is 0. The Morgan fingerprint density at radius 1 is 0.723 bits per heavy atom. The lowest BCUT2D eigenvalue weighted by atomic mass is 9.96. The van der Waals surface area contributed by atoms with Crippen LogP contribution in [-0.2, 0) is 59.2 Å². The summed E-state index contributed by atoms with van der Waals surface area (Å²) in [6.07, 6.45) is -0.434. The van der Waals surface area contributed by atoms with E-state index in [4.69, 9.17) is 17.2 Å². The van der Waals surface area contributed by atoms with Gasteiger partial charge in [0.1, 0.15) is 42.0 Å². The van der Waals surface area contributed by atoms with Crippen LogP contribution in [0.1, 0.15) is 97.5 Å². The molecule has 1 saturated heterocycles. The minimum absolute atomic E-state index is 0.0245. The second kappa shape index (κ2) is 27.4. The molecule has 1 aliphatic heterocycles. The summed E-state index contributed by atoms with van der Waals surface area (Å²) in [4.78, 5) is 143. The molecule has 360 valence electrons. The largest absolute Gasteiger partial charge is 0.508 e. The van der Waals surface area contributed by atoms with Crippen LogP contribution in [0.4, 0.5) is 0 Å². The maximum atomic E-state index is 13.9. The van der Waals surface area contributed by atoms with Crippen molar-refractivity contribution in [2.75, 3.05) is 13.1 Å². The van der Waals surface area contributed by atoms with E-state index >= 15 is 0 Å². The van der Waals surface area contributed by atoms with Gasteiger partial charge in [-0.05, 0) is 55.2 Å². The highest BCUT2D eigenvalue weighted by Gasteiger charge is 2.35. The smallest absolute Gasteiger partial charge is 0.243 e. The average molecular weight is 916 g/mol. The summed E-state index contributed by atoms with van der Waals surface area (Å²) < 4.78 is 0. The molecule has 65 heavy (non-hydrogen) atoms. The molecular formula is C42H65N11O12. The second-order valence-electron chi connectivity index (χ2n) is 16.5. The zero-order chi connectivity index (χ0) is 48.8. The molecule has 1 fully saturated rings. The Morgan fingerprint density at radius 3 is 1.95 bits per heavy atom. The van der Waals surface area contributed by atoms with E-state index in [1.54, 1.807) is 39.8 Å². The van der Waals surface area contributed by atoms with Crippen LogP contribution in [0.25, 0.3) is 0 Å². The fourth-order valence-corrected chi connectivity index (χ4v) is 6.69. The Hall–Kier alpha value is -6.81. The average Bonchev–Trinajstić information content (AvgIpc) is 3.23. The van der Waals surface area contributed by atoms with E-state index < -0.39 is 133 Å². The molecule has 0 aliphatic carbocycles. The van der Waals surface area contributed by atoms with Gasteiger partial charge >= 0.3 is 0 Å². The Morgan fingerprint density at radius 2 is 1.35 bits per heavy atom. The summed E-state index contributed by atoms with van der Waals surface area (Å²) >= 11 is 0. The predicted molar refractivity (Wildman–Crippen MR) is 233 cm³/mol. The van der Waals surface area contributed by atoms with E-state index in [-0.39, 0.29) is 56.6 Å². The maximum Gasteiger partial charge on any atom is 0.243 e. The van der Waals surface area contributed by atoms with Gasteiger partial charge in [0.2, 0.25) is 65.0 Å². The Kier molecular flexibility index (Phi) is 22.9.